The van der Waals surface area contributed by atoms with Gasteiger partial charge in [0.25, 0.3) is 0 Å². The number of amides is 1. The van der Waals surface area contributed by atoms with E-state index in [4.69, 9.17) is 4.74 Å². The number of rotatable bonds is 5. The summed E-state index contributed by atoms with van der Waals surface area (Å²) in [4.78, 5) is 10.1. The van der Waals surface area contributed by atoms with Crippen LogP contribution in [0.5, 0.6) is 5.75 Å². The maximum absolute atomic E-state index is 10.1. The molecule has 0 fully saturated rings. The summed E-state index contributed by atoms with van der Waals surface area (Å²) in [7, 11) is 0. The van der Waals surface area contributed by atoms with Crippen LogP contribution < -0.4 is 10.1 Å². The highest BCUT2D eigenvalue weighted by Gasteiger charge is 1.98. The highest BCUT2D eigenvalue weighted by Crippen LogP contribution is 2.14. The van der Waals surface area contributed by atoms with E-state index in [0.29, 0.717) is 13.0 Å². The predicted octanol–water partition coefficient (Wildman–Crippen LogP) is 1.72. The maximum Gasteiger partial charge on any atom is 0.207 e. The van der Waals surface area contributed by atoms with Gasteiger partial charge in [0.15, 0.2) is 0 Å². The second-order valence-electron chi connectivity index (χ2n) is 3.31. The highest BCUT2D eigenvalue weighted by atomic mass is 16.5. The number of benzene rings is 1. The van der Waals surface area contributed by atoms with Crippen molar-refractivity contribution in [2.45, 2.75) is 26.5 Å². The Morgan fingerprint density at radius 2 is 2.29 bits per heavy atom. The molecule has 1 aromatic rings. The average Bonchev–Trinajstić information content (AvgIpc) is 2.14. The summed E-state index contributed by atoms with van der Waals surface area (Å²) in [6.07, 6.45) is 0.861. The molecule has 1 rings (SSSR count). The van der Waals surface area contributed by atoms with Crippen molar-refractivity contribution in [3.8, 4) is 5.75 Å². The van der Waals surface area contributed by atoms with Gasteiger partial charge in [-0.2, -0.15) is 0 Å². The Labute approximate surface area is 84.1 Å². The Kier molecular flexibility index (Phi) is 3.98. The standard InChI is InChI=1S/C11H15NO2/c1-9(2)14-11-5-3-4-10(6-11)7-12-8-13/h3-6,8-9H,7H2,1-2H3,(H,12,13). The molecule has 0 aliphatic heterocycles. The Balaban J connectivity index is 2.63. The molecule has 0 aliphatic rings. The number of nitrogens with one attached hydrogen (secondary N) is 1. The molecule has 0 saturated heterocycles. The molecular weight excluding hydrogens is 178 g/mol. The lowest BCUT2D eigenvalue weighted by Gasteiger charge is -2.10. The second-order valence-corrected chi connectivity index (χ2v) is 3.31. The number of ether oxygens (including phenoxy) is 1. The summed E-state index contributed by atoms with van der Waals surface area (Å²) in [5.41, 5.74) is 1.04. The molecule has 3 heteroatoms. The van der Waals surface area contributed by atoms with Crippen molar-refractivity contribution in [2.75, 3.05) is 0 Å². The van der Waals surface area contributed by atoms with E-state index in [0.717, 1.165) is 11.3 Å². The van der Waals surface area contributed by atoms with Gasteiger partial charge in [-0.3, -0.25) is 4.79 Å². The predicted molar refractivity (Wildman–Crippen MR) is 55.1 cm³/mol. The van der Waals surface area contributed by atoms with Gasteiger partial charge in [-0.05, 0) is 31.5 Å². The van der Waals surface area contributed by atoms with Crippen LogP contribution in [0.3, 0.4) is 0 Å². The van der Waals surface area contributed by atoms with E-state index in [9.17, 15) is 4.79 Å². The van der Waals surface area contributed by atoms with Crippen LogP contribution in [0.2, 0.25) is 0 Å². The Morgan fingerprint density at radius 1 is 1.50 bits per heavy atom. The van der Waals surface area contributed by atoms with E-state index in [-0.39, 0.29) is 6.10 Å². The zero-order chi connectivity index (χ0) is 10.4. The van der Waals surface area contributed by atoms with Crippen molar-refractivity contribution in [3.63, 3.8) is 0 Å². The van der Waals surface area contributed by atoms with E-state index < -0.39 is 0 Å². The van der Waals surface area contributed by atoms with Gasteiger partial charge in [0.05, 0.1) is 6.10 Å². The van der Waals surface area contributed by atoms with Crippen molar-refractivity contribution in [1.29, 1.82) is 0 Å². The molecule has 0 spiro atoms. The zero-order valence-corrected chi connectivity index (χ0v) is 8.49. The normalized spacial score (nSPS) is 9.93. The third-order valence-electron chi connectivity index (χ3n) is 1.66. The van der Waals surface area contributed by atoms with Crippen LogP contribution in [0.15, 0.2) is 24.3 Å². The lowest BCUT2D eigenvalue weighted by atomic mass is 10.2. The number of hydrogen-bond acceptors (Lipinski definition) is 2. The molecule has 0 saturated carbocycles. The summed E-state index contributed by atoms with van der Waals surface area (Å²) in [6.45, 7) is 4.51. The minimum atomic E-state index is 0.171. The summed E-state index contributed by atoms with van der Waals surface area (Å²) in [5, 5.41) is 2.61. The van der Waals surface area contributed by atoms with Crippen LogP contribution in [0.1, 0.15) is 19.4 Å². The lowest BCUT2D eigenvalue weighted by Crippen LogP contribution is -2.10. The monoisotopic (exact) mass is 193 g/mol. The van der Waals surface area contributed by atoms with E-state index in [2.05, 4.69) is 5.32 Å². The zero-order valence-electron chi connectivity index (χ0n) is 8.49. The highest BCUT2D eigenvalue weighted by molar-refractivity contribution is 5.46. The molecular formula is C11H15NO2. The van der Waals surface area contributed by atoms with Gasteiger partial charge in [0.1, 0.15) is 5.75 Å². The van der Waals surface area contributed by atoms with Crippen molar-refractivity contribution in [3.05, 3.63) is 29.8 Å². The van der Waals surface area contributed by atoms with E-state index in [1.165, 1.54) is 0 Å². The molecule has 0 radical (unpaired) electrons. The van der Waals surface area contributed by atoms with Crippen molar-refractivity contribution in [2.24, 2.45) is 0 Å². The van der Waals surface area contributed by atoms with Crippen LogP contribution in [0.4, 0.5) is 0 Å². The average molecular weight is 193 g/mol. The van der Waals surface area contributed by atoms with Gasteiger partial charge >= 0.3 is 0 Å². The molecule has 3 nitrogen and oxygen atoms in total. The summed E-state index contributed by atoms with van der Waals surface area (Å²) in [6, 6.07) is 7.70. The molecule has 1 aromatic carbocycles. The quantitative estimate of drug-likeness (QED) is 0.723. The molecule has 14 heavy (non-hydrogen) atoms. The van der Waals surface area contributed by atoms with Crippen LogP contribution in [-0.4, -0.2) is 12.5 Å². The third kappa shape index (κ3) is 3.47. The minimum Gasteiger partial charge on any atom is -0.491 e. The summed E-state index contributed by atoms with van der Waals surface area (Å²) >= 11 is 0. The van der Waals surface area contributed by atoms with E-state index in [1.54, 1.807) is 0 Å². The molecule has 1 amide bonds. The Bertz CT molecular complexity index is 297. The molecule has 0 unspecified atom stereocenters. The van der Waals surface area contributed by atoms with Gasteiger partial charge in [0, 0.05) is 6.54 Å². The second kappa shape index (κ2) is 5.27. The topological polar surface area (TPSA) is 38.3 Å². The van der Waals surface area contributed by atoms with E-state index in [1.807, 2.05) is 38.1 Å². The number of hydrogen-bond donors (Lipinski definition) is 1. The molecule has 0 aliphatic carbocycles. The smallest absolute Gasteiger partial charge is 0.207 e. The molecule has 0 atom stereocenters. The van der Waals surface area contributed by atoms with Crippen molar-refractivity contribution in [1.82, 2.24) is 5.32 Å². The lowest BCUT2D eigenvalue weighted by molar-refractivity contribution is -0.109. The molecule has 0 bridgehead atoms. The fraction of sp³-hybridized carbons (Fsp3) is 0.364. The third-order valence-corrected chi connectivity index (χ3v) is 1.66. The molecule has 76 valence electrons. The maximum atomic E-state index is 10.1. The fourth-order valence-corrected chi connectivity index (χ4v) is 1.16. The Hall–Kier alpha value is -1.51. The van der Waals surface area contributed by atoms with Gasteiger partial charge in [-0.1, -0.05) is 12.1 Å². The minimum absolute atomic E-state index is 0.171. The molecule has 1 N–H and O–H groups in total. The molecule has 0 aromatic heterocycles. The first kappa shape index (κ1) is 10.6. The van der Waals surface area contributed by atoms with Gasteiger partial charge in [-0.25, -0.2) is 0 Å². The van der Waals surface area contributed by atoms with Crippen molar-refractivity contribution < 1.29 is 9.53 Å². The number of carbonyl (C=O) groups is 1. The van der Waals surface area contributed by atoms with Gasteiger partial charge in [-0.15, -0.1) is 0 Å². The van der Waals surface area contributed by atoms with Crippen LogP contribution >= 0.6 is 0 Å². The largest absolute Gasteiger partial charge is 0.491 e. The SMILES string of the molecule is CC(C)Oc1cccc(CNC=O)c1. The van der Waals surface area contributed by atoms with Crippen molar-refractivity contribution >= 4 is 6.41 Å². The molecule has 0 heterocycles. The van der Waals surface area contributed by atoms with Gasteiger partial charge < -0.3 is 10.1 Å². The van der Waals surface area contributed by atoms with Crippen LogP contribution in [0.25, 0.3) is 0 Å². The Morgan fingerprint density at radius 3 is 2.93 bits per heavy atom. The van der Waals surface area contributed by atoms with E-state index >= 15 is 0 Å². The summed E-state index contributed by atoms with van der Waals surface area (Å²) in [5.74, 6) is 0.838. The van der Waals surface area contributed by atoms with Crippen LogP contribution in [0, 0.1) is 0 Å². The number of carbonyl (C=O) groups excluding carboxylic acids is 1. The first-order valence-electron chi connectivity index (χ1n) is 4.65. The summed E-state index contributed by atoms with van der Waals surface area (Å²) < 4.78 is 5.52. The first-order chi connectivity index (χ1) is 6.72. The first-order valence-corrected chi connectivity index (χ1v) is 4.65. The fourth-order valence-electron chi connectivity index (χ4n) is 1.16. The van der Waals surface area contributed by atoms with Crippen LogP contribution in [-0.2, 0) is 11.3 Å². The van der Waals surface area contributed by atoms with Gasteiger partial charge in [0.2, 0.25) is 6.41 Å².